The van der Waals surface area contributed by atoms with Gasteiger partial charge in [-0.1, -0.05) is 0 Å². The van der Waals surface area contributed by atoms with E-state index < -0.39 is 27.9 Å². The second-order valence-electron chi connectivity index (χ2n) is 4.74. The molecule has 0 heterocycles. The molecule has 0 aliphatic rings. The van der Waals surface area contributed by atoms with Gasteiger partial charge in [0.1, 0.15) is 11.8 Å². The average Bonchev–Trinajstić information content (AvgIpc) is 2.44. The smallest absolute Gasteiger partial charge is 0.321 e. The Morgan fingerprint density at radius 3 is 2.36 bits per heavy atom. The molecule has 1 aromatic rings. The van der Waals surface area contributed by atoms with Crippen LogP contribution in [0.4, 0.5) is 0 Å². The summed E-state index contributed by atoms with van der Waals surface area (Å²) in [5.41, 5.74) is 0.0679. The molecule has 8 nitrogen and oxygen atoms in total. The number of ether oxygens (including phenoxy) is 1. The van der Waals surface area contributed by atoms with Crippen LogP contribution in [-0.4, -0.2) is 57.5 Å². The van der Waals surface area contributed by atoms with Crippen molar-refractivity contribution in [3.8, 4) is 5.75 Å². The number of nitrogens with zero attached hydrogens (tertiary/aromatic N) is 1. The maximum Gasteiger partial charge on any atom is 0.321 e. The zero-order valence-electron chi connectivity index (χ0n) is 12.7. The minimum atomic E-state index is -4.07. The number of carbonyl (C=O) groups is 2. The van der Waals surface area contributed by atoms with Gasteiger partial charge in [0.05, 0.1) is 17.6 Å². The van der Waals surface area contributed by atoms with Crippen LogP contribution in [0.2, 0.25) is 0 Å². The van der Waals surface area contributed by atoms with Gasteiger partial charge in [-0.05, 0) is 25.1 Å². The van der Waals surface area contributed by atoms with Gasteiger partial charge in [0.25, 0.3) is 5.91 Å². The van der Waals surface area contributed by atoms with Gasteiger partial charge in [0.15, 0.2) is 0 Å². The van der Waals surface area contributed by atoms with E-state index in [2.05, 4.69) is 0 Å². The van der Waals surface area contributed by atoms with Gasteiger partial charge in [-0.25, -0.2) is 8.42 Å². The highest BCUT2D eigenvalue weighted by Gasteiger charge is 2.24. The second-order valence-corrected chi connectivity index (χ2v) is 6.46. The van der Waals surface area contributed by atoms with E-state index in [9.17, 15) is 18.0 Å². The molecule has 0 fully saturated rings. The SMILES string of the molecule is COc1ccc(S(=O)(=O)N[C@H](C)C(=O)O)cc1C(=O)N(C)C. The predicted octanol–water partition coefficient (Wildman–Crippen LogP) is 0.148. The molecule has 0 radical (unpaired) electrons. The molecule has 22 heavy (non-hydrogen) atoms. The summed E-state index contributed by atoms with van der Waals surface area (Å²) >= 11 is 0. The van der Waals surface area contributed by atoms with Gasteiger partial charge >= 0.3 is 5.97 Å². The number of benzene rings is 1. The summed E-state index contributed by atoms with van der Waals surface area (Å²) in [6.45, 7) is 1.20. The number of nitrogens with one attached hydrogen (secondary N) is 1. The number of aliphatic carboxylic acids is 1. The molecule has 1 atom stereocenters. The standard InChI is InChI=1S/C13H18N2O6S/c1-8(13(17)18)14-22(19,20)9-5-6-11(21-4)10(7-9)12(16)15(2)3/h5-8,14H,1-4H3,(H,17,18)/t8-/m1/s1. The zero-order valence-corrected chi connectivity index (χ0v) is 13.5. The third-order valence-electron chi connectivity index (χ3n) is 2.82. The van der Waals surface area contributed by atoms with Crippen LogP contribution < -0.4 is 9.46 Å². The molecular formula is C13H18N2O6S. The Labute approximate surface area is 128 Å². The monoisotopic (exact) mass is 330 g/mol. The number of carboxylic acids is 1. The molecule has 0 saturated carbocycles. The van der Waals surface area contributed by atoms with Crippen molar-refractivity contribution in [3.63, 3.8) is 0 Å². The summed E-state index contributed by atoms with van der Waals surface area (Å²) in [6.07, 6.45) is 0. The van der Waals surface area contributed by atoms with Crippen LogP contribution >= 0.6 is 0 Å². The highest BCUT2D eigenvalue weighted by atomic mass is 32.2. The molecule has 0 unspecified atom stereocenters. The lowest BCUT2D eigenvalue weighted by Gasteiger charge is -2.15. The van der Waals surface area contributed by atoms with Gasteiger partial charge in [-0.2, -0.15) is 4.72 Å². The van der Waals surface area contributed by atoms with Gasteiger partial charge in [0.2, 0.25) is 10.0 Å². The van der Waals surface area contributed by atoms with E-state index >= 15 is 0 Å². The number of carboxylic acid groups (broad SMARTS) is 1. The van der Waals surface area contributed by atoms with Crippen molar-refractivity contribution in [1.29, 1.82) is 0 Å². The minimum Gasteiger partial charge on any atom is -0.496 e. The number of sulfonamides is 1. The number of hydrogen-bond acceptors (Lipinski definition) is 5. The van der Waals surface area contributed by atoms with E-state index in [-0.39, 0.29) is 16.2 Å². The Morgan fingerprint density at radius 1 is 1.32 bits per heavy atom. The van der Waals surface area contributed by atoms with E-state index in [0.29, 0.717) is 0 Å². The molecular weight excluding hydrogens is 312 g/mol. The lowest BCUT2D eigenvalue weighted by Crippen LogP contribution is -2.38. The summed E-state index contributed by atoms with van der Waals surface area (Å²) < 4.78 is 31.4. The van der Waals surface area contributed by atoms with Crippen molar-refractivity contribution in [2.45, 2.75) is 17.9 Å². The first-order valence-corrected chi connectivity index (χ1v) is 7.73. The Morgan fingerprint density at radius 2 is 1.91 bits per heavy atom. The fraction of sp³-hybridized carbons (Fsp3) is 0.385. The summed E-state index contributed by atoms with van der Waals surface area (Å²) in [7, 11) is 0.336. The lowest BCUT2D eigenvalue weighted by atomic mass is 10.2. The van der Waals surface area contributed by atoms with Crippen molar-refractivity contribution in [1.82, 2.24) is 9.62 Å². The number of hydrogen-bond donors (Lipinski definition) is 2. The molecule has 0 aromatic heterocycles. The number of amides is 1. The van der Waals surface area contributed by atoms with Crippen molar-refractivity contribution in [2.24, 2.45) is 0 Å². The topological polar surface area (TPSA) is 113 Å². The van der Waals surface area contributed by atoms with Gasteiger partial charge in [0, 0.05) is 14.1 Å². The fourth-order valence-electron chi connectivity index (χ4n) is 1.61. The summed E-state index contributed by atoms with van der Waals surface area (Å²) in [6, 6.07) is 2.44. The highest BCUT2D eigenvalue weighted by molar-refractivity contribution is 7.89. The normalized spacial score (nSPS) is 12.5. The minimum absolute atomic E-state index is 0.0679. The molecule has 9 heteroatoms. The molecule has 0 aliphatic heterocycles. The second kappa shape index (κ2) is 6.75. The van der Waals surface area contributed by atoms with E-state index in [4.69, 9.17) is 9.84 Å². The third-order valence-corrected chi connectivity index (χ3v) is 4.36. The number of rotatable bonds is 6. The molecule has 0 spiro atoms. The average molecular weight is 330 g/mol. The first-order chi connectivity index (χ1) is 10.1. The van der Waals surface area contributed by atoms with Crippen molar-refractivity contribution in [2.75, 3.05) is 21.2 Å². The molecule has 2 N–H and O–H groups in total. The van der Waals surface area contributed by atoms with Crippen molar-refractivity contribution < 1.29 is 27.9 Å². The van der Waals surface area contributed by atoms with Crippen LogP contribution in [0.5, 0.6) is 5.75 Å². The molecule has 0 bridgehead atoms. The molecule has 1 rings (SSSR count). The Hall–Kier alpha value is -2.13. The van der Waals surface area contributed by atoms with Crippen LogP contribution in [0.25, 0.3) is 0 Å². The van der Waals surface area contributed by atoms with Crippen LogP contribution in [0.3, 0.4) is 0 Å². The van der Waals surface area contributed by atoms with Crippen molar-refractivity contribution >= 4 is 21.9 Å². The van der Waals surface area contributed by atoms with Crippen molar-refractivity contribution in [3.05, 3.63) is 23.8 Å². The van der Waals surface area contributed by atoms with Crippen LogP contribution in [0.1, 0.15) is 17.3 Å². The molecule has 122 valence electrons. The summed E-state index contributed by atoms with van der Waals surface area (Å²) in [5.74, 6) is -1.51. The Bertz CT molecular complexity index is 684. The fourth-order valence-corrected chi connectivity index (χ4v) is 2.84. The van der Waals surface area contributed by atoms with Gasteiger partial charge < -0.3 is 14.7 Å². The zero-order chi connectivity index (χ0) is 17.1. The third kappa shape index (κ3) is 3.95. The summed E-state index contributed by atoms with van der Waals surface area (Å²) in [4.78, 5) is 23.9. The lowest BCUT2D eigenvalue weighted by molar-refractivity contribution is -0.138. The van der Waals surface area contributed by atoms with E-state index in [1.807, 2.05) is 4.72 Å². The van der Waals surface area contributed by atoms with Gasteiger partial charge in [-0.3, -0.25) is 9.59 Å². The molecule has 1 amide bonds. The van der Waals surface area contributed by atoms with E-state index in [1.165, 1.54) is 45.2 Å². The maximum absolute atomic E-state index is 12.2. The number of carbonyl (C=O) groups excluding carboxylic acids is 1. The van der Waals surface area contributed by atoms with Gasteiger partial charge in [-0.15, -0.1) is 0 Å². The summed E-state index contributed by atoms with van der Waals surface area (Å²) in [5, 5.41) is 8.78. The highest BCUT2D eigenvalue weighted by Crippen LogP contribution is 2.23. The molecule has 0 saturated heterocycles. The number of methoxy groups -OCH3 is 1. The Kier molecular flexibility index (Phi) is 5.50. The molecule has 1 aromatic carbocycles. The molecule has 0 aliphatic carbocycles. The first kappa shape index (κ1) is 17.9. The largest absolute Gasteiger partial charge is 0.496 e. The van der Waals surface area contributed by atoms with Crippen LogP contribution in [-0.2, 0) is 14.8 Å². The predicted molar refractivity (Wildman–Crippen MR) is 78.4 cm³/mol. The van der Waals surface area contributed by atoms with E-state index in [1.54, 1.807) is 0 Å². The Balaban J connectivity index is 3.29. The maximum atomic E-state index is 12.2. The van der Waals surface area contributed by atoms with Crippen LogP contribution in [0, 0.1) is 0 Å². The quantitative estimate of drug-likeness (QED) is 0.767. The van der Waals surface area contributed by atoms with Crippen LogP contribution in [0.15, 0.2) is 23.1 Å². The van der Waals surface area contributed by atoms with E-state index in [0.717, 1.165) is 6.07 Å². The first-order valence-electron chi connectivity index (χ1n) is 6.25.